The van der Waals surface area contributed by atoms with E-state index in [0.29, 0.717) is 17.6 Å². The van der Waals surface area contributed by atoms with Crippen molar-refractivity contribution in [3.05, 3.63) is 47.0 Å². The maximum atomic E-state index is 14.8. The number of alkyl halides is 2. The van der Waals surface area contributed by atoms with E-state index in [9.17, 15) is 23.8 Å². The highest BCUT2D eigenvalue weighted by molar-refractivity contribution is 5.75. The van der Waals surface area contributed by atoms with E-state index < -0.39 is 42.0 Å². The summed E-state index contributed by atoms with van der Waals surface area (Å²) in [5, 5.41) is 20.6. The van der Waals surface area contributed by atoms with Crippen molar-refractivity contribution >= 4 is 5.97 Å². The fraction of sp³-hybridized carbons (Fsp3) is 0.654. The molecule has 0 radical (unpaired) electrons. The van der Waals surface area contributed by atoms with E-state index in [0.717, 1.165) is 5.56 Å². The molecule has 2 rings (SSSR count). The zero-order valence-corrected chi connectivity index (χ0v) is 20.3. The number of aliphatic hydroxyl groups is 2. The number of hydrogen-bond donors (Lipinski definition) is 2. The second-order valence-corrected chi connectivity index (χ2v) is 9.58. The summed E-state index contributed by atoms with van der Waals surface area (Å²) in [7, 11) is 1.50. The van der Waals surface area contributed by atoms with Crippen LogP contribution in [0.4, 0.5) is 8.78 Å². The molecule has 0 aliphatic carbocycles. The van der Waals surface area contributed by atoms with Crippen molar-refractivity contribution in [3.63, 3.8) is 0 Å². The minimum Gasteiger partial charge on any atom is -0.456 e. The molecule has 2 bridgehead atoms. The molecule has 1 aliphatic heterocycles. The highest BCUT2D eigenvalue weighted by Gasteiger charge is 2.36. The van der Waals surface area contributed by atoms with Gasteiger partial charge in [0.2, 0.25) is 6.17 Å². The minimum atomic E-state index is -2.42. The number of fused-ring (bicyclic) bond motifs is 2. The molecule has 1 aromatic carbocycles. The lowest BCUT2D eigenvalue weighted by molar-refractivity contribution is -0.157. The SMILES string of the molecule is CC[C@@H](/C=C(/C)C1C[C@@H](OC)C[C@H](O)C(C)(C)c2cccc(c2)C[C@@H](F)[C@H](F)C(=O)O1)CO. The highest BCUT2D eigenvalue weighted by Crippen LogP contribution is 2.33. The highest BCUT2D eigenvalue weighted by atomic mass is 19.2. The number of esters is 1. The topological polar surface area (TPSA) is 76.0 Å². The summed E-state index contributed by atoms with van der Waals surface area (Å²) >= 11 is 0. The van der Waals surface area contributed by atoms with Gasteiger partial charge in [0.15, 0.2) is 0 Å². The molecule has 1 heterocycles. The standard InChI is InChI=1S/C26H38F2O5/c1-6-17(15-29)10-16(2)22-13-20(32-5)14-23(30)26(3,4)19-9-7-8-18(11-19)12-21(27)24(28)25(31)33-22/h7-11,17,20-24,29-30H,6,12-15H2,1-5H3/b16-10-/t17-,20+,21+,22?,23-,24-/m0/s1. The summed E-state index contributed by atoms with van der Waals surface area (Å²) in [4.78, 5) is 12.5. The number of aliphatic hydroxyl groups excluding tert-OH is 2. The number of halogens is 2. The Morgan fingerprint density at radius 3 is 2.64 bits per heavy atom. The molecule has 0 aromatic heterocycles. The average molecular weight is 469 g/mol. The fourth-order valence-corrected chi connectivity index (χ4v) is 4.15. The lowest BCUT2D eigenvalue weighted by Crippen LogP contribution is -2.40. The van der Waals surface area contributed by atoms with Crippen LogP contribution in [-0.4, -0.2) is 60.6 Å². The van der Waals surface area contributed by atoms with E-state index in [1.807, 2.05) is 26.8 Å². The largest absolute Gasteiger partial charge is 0.456 e. The summed E-state index contributed by atoms with van der Waals surface area (Å²) in [6.45, 7) is 7.37. The summed E-state index contributed by atoms with van der Waals surface area (Å²) in [5.41, 5.74) is 1.29. The van der Waals surface area contributed by atoms with Gasteiger partial charge >= 0.3 is 5.97 Å². The number of carbonyl (C=O) groups excluding carboxylic acids is 1. The van der Waals surface area contributed by atoms with Crippen LogP contribution in [-0.2, 0) is 26.1 Å². The molecule has 33 heavy (non-hydrogen) atoms. The van der Waals surface area contributed by atoms with Gasteiger partial charge in [-0.15, -0.1) is 0 Å². The Balaban J connectivity index is 2.46. The molecule has 2 N–H and O–H groups in total. The first-order valence-electron chi connectivity index (χ1n) is 11.6. The van der Waals surface area contributed by atoms with Crippen LogP contribution < -0.4 is 0 Å². The van der Waals surface area contributed by atoms with Gasteiger partial charge in [-0.2, -0.15) is 0 Å². The molecule has 186 valence electrons. The maximum Gasteiger partial charge on any atom is 0.344 e. The van der Waals surface area contributed by atoms with Gasteiger partial charge in [-0.05, 0) is 30.0 Å². The Morgan fingerprint density at radius 1 is 1.33 bits per heavy atom. The van der Waals surface area contributed by atoms with Gasteiger partial charge in [0.25, 0.3) is 0 Å². The summed E-state index contributed by atoms with van der Waals surface area (Å²) in [6.07, 6.45) is -4.04. The third kappa shape index (κ3) is 7.08. The molecule has 1 unspecified atom stereocenters. The number of benzene rings is 1. The van der Waals surface area contributed by atoms with Crippen molar-refractivity contribution in [2.45, 2.75) is 89.4 Å². The number of ether oxygens (including phenoxy) is 2. The molecule has 0 spiro atoms. The minimum absolute atomic E-state index is 0.0782. The van der Waals surface area contributed by atoms with E-state index in [1.54, 1.807) is 31.2 Å². The number of cyclic esters (lactones) is 1. The van der Waals surface area contributed by atoms with E-state index in [4.69, 9.17) is 9.47 Å². The monoisotopic (exact) mass is 468 g/mol. The second-order valence-electron chi connectivity index (χ2n) is 9.58. The maximum absolute atomic E-state index is 14.8. The van der Waals surface area contributed by atoms with Gasteiger partial charge in [-0.1, -0.05) is 51.1 Å². The van der Waals surface area contributed by atoms with E-state index in [-0.39, 0.29) is 31.8 Å². The quantitative estimate of drug-likeness (QED) is 0.500. The van der Waals surface area contributed by atoms with Crippen molar-refractivity contribution in [1.29, 1.82) is 0 Å². The van der Waals surface area contributed by atoms with Crippen LogP contribution in [0.5, 0.6) is 0 Å². The van der Waals surface area contributed by atoms with Crippen LogP contribution in [0.3, 0.4) is 0 Å². The molecule has 1 aromatic rings. The molecule has 5 nitrogen and oxygen atoms in total. The first-order chi connectivity index (χ1) is 15.5. The number of hydrogen-bond acceptors (Lipinski definition) is 5. The van der Waals surface area contributed by atoms with E-state index in [1.165, 1.54) is 7.11 Å². The molecule has 0 amide bonds. The van der Waals surface area contributed by atoms with E-state index >= 15 is 0 Å². The van der Waals surface area contributed by atoms with Crippen LogP contribution in [0.15, 0.2) is 35.9 Å². The summed E-state index contributed by atoms with van der Waals surface area (Å²) in [5.74, 6) is -1.41. The molecule has 0 saturated heterocycles. The zero-order valence-electron chi connectivity index (χ0n) is 20.3. The van der Waals surface area contributed by atoms with Crippen LogP contribution in [0.2, 0.25) is 0 Å². The predicted molar refractivity (Wildman–Crippen MR) is 124 cm³/mol. The normalized spacial score (nSPS) is 30.3. The fourth-order valence-electron chi connectivity index (χ4n) is 4.15. The molecular formula is C26H38F2O5. The van der Waals surface area contributed by atoms with Crippen molar-refractivity contribution in [2.24, 2.45) is 5.92 Å². The van der Waals surface area contributed by atoms with Gasteiger partial charge in [0.1, 0.15) is 12.3 Å². The molecule has 1 aliphatic rings. The van der Waals surface area contributed by atoms with Crippen LogP contribution in [0, 0.1) is 5.92 Å². The number of carbonyl (C=O) groups is 1. The first-order valence-corrected chi connectivity index (χ1v) is 11.6. The van der Waals surface area contributed by atoms with Gasteiger partial charge in [0, 0.05) is 44.3 Å². The average Bonchev–Trinajstić information content (AvgIpc) is 2.79. The lowest BCUT2D eigenvalue weighted by atomic mass is 9.76. The van der Waals surface area contributed by atoms with Crippen molar-refractivity contribution < 1.29 is 33.3 Å². The van der Waals surface area contributed by atoms with Crippen LogP contribution >= 0.6 is 0 Å². The van der Waals surface area contributed by atoms with Gasteiger partial charge in [0.05, 0.1) is 12.2 Å². The van der Waals surface area contributed by atoms with Crippen LogP contribution in [0.25, 0.3) is 0 Å². The van der Waals surface area contributed by atoms with Gasteiger partial charge in [-0.25, -0.2) is 13.6 Å². The second kappa shape index (κ2) is 12.0. The van der Waals surface area contributed by atoms with Gasteiger partial charge < -0.3 is 19.7 Å². The summed E-state index contributed by atoms with van der Waals surface area (Å²) < 4.78 is 40.5. The van der Waals surface area contributed by atoms with Crippen molar-refractivity contribution in [3.8, 4) is 0 Å². The zero-order chi connectivity index (χ0) is 24.8. The number of methoxy groups -OCH3 is 1. The molecule has 0 saturated carbocycles. The third-order valence-electron chi connectivity index (χ3n) is 6.80. The third-order valence-corrected chi connectivity index (χ3v) is 6.80. The Hall–Kier alpha value is -1.83. The first kappa shape index (κ1) is 27.4. The Kier molecular flexibility index (Phi) is 10.0. The predicted octanol–water partition coefficient (Wildman–Crippen LogP) is 4.23. The molecule has 0 fully saturated rings. The molecular weight excluding hydrogens is 430 g/mol. The summed E-state index contributed by atoms with van der Waals surface area (Å²) in [6, 6.07) is 7.02. The van der Waals surface area contributed by atoms with Crippen molar-refractivity contribution in [1.82, 2.24) is 0 Å². The van der Waals surface area contributed by atoms with Crippen molar-refractivity contribution in [2.75, 3.05) is 13.7 Å². The molecule has 6 atom stereocenters. The van der Waals surface area contributed by atoms with E-state index in [2.05, 4.69) is 0 Å². The Bertz CT molecular complexity index is 806. The Labute approximate surface area is 195 Å². The smallest absolute Gasteiger partial charge is 0.344 e. The Morgan fingerprint density at radius 2 is 2.03 bits per heavy atom. The van der Waals surface area contributed by atoms with Crippen LogP contribution in [0.1, 0.15) is 58.1 Å². The molecule has 7 heteroatoms. The lowest BCUT2D eigenvalue weighted by Gasteiger charge is -2.35. The van der Waals surface area contributed by atoms with Gasteiger partial charge in [-0.3, -0.25) is 0 Å². The number of rotatable bonds is 5.